The molecular formula is C14H21BrN2O. The zero-order valence-corrected chi connectivity index (χ0v) is 12.9. The van der Waals surface area contributed by atoms with Gasteiger partial charge in [-0.25, -0.2) is 0 Å². The van der Waals surface area contributed by atoms with Crippen molar-refractivity contribution < 1.29 is 4.79 Å². The maximum absolute atomic E-state index is 11.9. The topological polar surface area (TPSA) is 32.3 Å². The number of benzene rings is 1. The highest BCUT2D eigenvalue weighted by molar-refractivity contribution is 9.10. The molecule has 0 bridgehead atoms. The molecule has 0 aromatic heterocycles. The van der Waals surface area contributed by atoms with Gasteiger partial charge in [-0.15, -0.1) is 0 Å². The highest BCUT2D eigenvalue weighted by Gasteiger charge is 2.06. The van der Waals surface area contributed by atoms with Crippen molar-refractivity contribution in [2.24, 2.45) is 0 Å². The number of carbonyl (C=O) groups is 1. The van der Waals surface area contributed by atoms with E-state index in [1.54, 1.807) is 0 Å². The van der Waals surface area contributed by atoms with E-state index in [1.165, 1.54) is 0 Å². The van der Waals surface area contributed by atoms with Crippen molar-refractivity contribution in [2.45, 2.75) is 19.8 Å². The van der Waals surface area contributed by atoms with Crippen LogP contribution in [0.2, 0.25) is 0 Å². The molecule has 0 radical (unpaired) electrons. The first kappa shape index (κ1) is 15.2. The molecule has 1 amide bonds. The van der Waals surface area contributed by atoms with E-state index >= 15 is 0 Å². The van der Waals surface area contributed by atoms with Crippen molar-refractivity contribution >= 4 is 21.8 Å². The maximum atomic E-state index is 11.9. The van der Waals surface area contributed by atoms with Crippen LogP contribution < -0.4 is 5.32 Å². The fraction of sp³-hybridized carbons (Fsp3) is 0.500. The molecule has 1 rings (SSSR count). The normalized spacial score (nSPS) is 10.7. The third-order valence-electron chi connectivity index (χ3n) is 2.62. The minimum Gasteiger partial charge on any atom is -0.352 e. The van der Waals surface area contributed by atoms with Crippen LogP contribution >= 0.6 is 15.9 Å². The molecule has 0 aliphatic rings. The number of unbranched alkanes of at least 4 members (excludes halogenated alkanes) is 1. The van der Waals surface area contributed by atoms with Crippen LogP contribution in [0, 0.1) is 6.92 Å². The van der Waals surface area contributed by atoms with E-state index in [-0.39, 0.29) is 5.91 Å². The van der Waals surface area contributed by atoms with Crippen LogP contribution in [0.3, 0.4) is 0 Å². The Hall–Kier alpha value is -0.870. The Bertz CT molecular complexity index is 385. The average Bonchev–Trinajstić information content (AvgIpc) is 2.26. The second-order valence-corrected chi connectivity index (χ2v) is 5.70. The van der Waals surface area contributed by atoms with Gasteiger partial charge >= 0.3 is 0 Å². The van der Waals surface area contributed by atoms with Crippen LogP contribution in [0.5, 0.6) is 0 Å². The number of nitrogens with one attached hydrogen (secondary N) is 1. The van der Waals surface area contributed by atoms with Gasteiger partial charge in [0.2, 0.25) is 0 Å². The van der Waals surface area contributed by atoms with Crippen molar-refractivity contribution in [1.29, 1.82) is 0 Å². The zero-order valence-electron chi connectivity index (χ0n) is 11.3. The van der Waals surface area contributed by atoms with E-state index in [2.05, 4.69) is 40.2 Å². The Kier molecular flexibility index (Phi) is 6.36. The molecule has 1 N–H and O–H groups in total. The van der Waals surface area contributed by atoms with Gasteiger partial charge in [0.05, 0.1) is 0 Å². The number of carbonyl (C=O) groups excluding carboxylic acids is 1. The Morgan fingerprint density at radius 1 is 1.28 bits per heavy atom. The third-order valence-corrected chi connectivity index (χ3v) is 3.08. The highest BCUT2D eigenvalue weighted by Crippen LogP contribution is 2.15. The van der Waals surface area contributed by atoms with E-state index in [9.17, 15) is 4.79 Å². The summed E-state index contributed by atoms with van der Waals surface area (Å²) in [5.41, 5.74) is 1.80. The van der Waals surface area contributed by atoms with Crippen molar-refractivity contribution in [3.63, 3.8) is 0 Å². The second-order valence-electron chi connectivity index (χ2n) is 4.78. The lowest BCUT2D eigenvalue weighted by Gasteiger charge is -2.10. The van der Waals surface area contributed by atoms with E-state index < -0.39 is 0 Å². The third kappa shape index (κ3) is 5.65. The Labute approximate surface area is 118 Å². The highest BCUT2D eigenvalue weighted by atomic mass is 79.9. The van der Waals surface area contributed by atoms with E-state index in [1.807, 2.05) is 25.1 Å². The van der Waals surface area contributed by atoms with Gasteiger partial charge in [-0.3, -0.25) is 4.79 Å². The van der Waals surface area contributed by atoms with Gasteiger partial charge in [-0.2, -0.15) is 0 Å². The SMILES string of the molecule is Cc1cc(Br)cc(C(=O)NCCCCN(C)C)c1. The fourth-order valence-electron chi connectivity index (χ4n) is 1.72. The van der Waals surface area contributed by atoms with Crippen LogP contribution in [0.1, 0.15) is 28.8 Å². The molecule has 1 aromatic carbocycles. The number of halogens is 1. The van der Waals surface area contributed by atoms with E-state index in [0.717, 1.165) is 41.5 Å². The summed E-state index contributed by atoms with van der Waals surface area (Å²) in [6.07, 6.45) is 2.11. The Morgan fingerprint density at radius 3 is 2.61 bits per heavy atom. The molecule has 0 spiro atoms. The van der Waals surface area contributed by atoms with Crippen LogP contribution in [-0.2, 0) is 0 Å². The fourth-order valence-corrected chi connectivity index (χ4v) is 2.33. The molecular weight excluding hydrogens is 292 g/mol. The molecule has 3 nitrogen and oxygen atoms in total. The number of nitrogens with zero attached hydrogens (tertiary/aromatic N) is 1. The van der Waals surface area contributed by atoms with Crippen LogP contribution in [-0.4, -0.2) is 38.0 Å². The number of amides is 1. The number of hydrogen-bond donors (Lipinski definition) is 1. The maximum Gasteiger partial charge on any atom is 0.251 e. The number of rotatable bonds is 6. The summed E-state index contributed by atoms with van der Waals surface area (Å²) < 4.78 is 0.945. The molecule has 18 heavy (non-hydrogen) atoms. The summed E-state index contributed by atoms with van der Waals surface area (Å²) in [4.78, 5) is 14.1. The monoisotopic (exact) mass is 312 g/mol. The van der Waals surface area contributed by atoms with Gasteiger partial charge in [0, 0.05) is 16.6 Å². The molecule has 0 atom stereocenters. The molecule has 0 unspecified atom stereocenters. The molecule has 0 aliphatic heterocycles. The lowest BCUT2D eigenvalue weighted by Crippen LogP contribution is -2.25. The first-order chi connectivity index (χ1) is 8.49. The van der Waals surface area contributed by atoms with Crippen LogP contribution in [0.15, 0.2) is 22.7 Å². The largest absolute Gasteiger partial charge is 0.352 e. The smallest absolute Gasteiger partial charge is 0.251 e. The quantitative estimate of drug-likeness (QED) is 0.819. The van der Waals surface area contributed by atoms with Gasteiger partial charge in [0.1, 0.15) is 0 Å². The predicted molar refractivity (Wildman–Crippen MR) is 79.0 cm³/mol. The predicted octanol–water partition coefficient (Wildman–Crippen LogP) is 2.83. The molecule has 0 heterocycles. The summed E-state index contributed by atoms with van der Waals surface area (Å²) in [6.45, 7) is 3.78. The Morgan fingerprint density at radius 2 is 2.00 bits per heavy atom. The molecule has 0 aliphatic carbocycles. The summed E-state index contributed by atoms with van der Waals surface area (Å²) in [7, 11) is 4.12. The minimum absolute atomic E-state index is 0.00394. The van der Waals surface area contributed by atoms with Crippen molar-refractivity contribution in [1.82, 2.24) is 10.2 Å². The summed E-state index contributed by atoms with van der Waals surface area (Å²) in [6, 6.07) is 5.75. The number of hydrogen-bond acceptors (Lipinski definition) is 2. The lowest BCUT2D eigenvalue weighted by atomic mass is 10.1. The molecule has 1 aromatic rings. The Balaban J connectivity index is 2.36. The van der Waals surface area contributed by atoms with Gasteiger partial charge in [-0.05, 0) is 64.2 Å². The molecule has 0 fully saturated rings. The minimum atomic E-state index is 0.00394. The molecule has 100 valence electrons. The first-order valence-corrected chi connectivity index (χ1v) is 6.98. The summed E-state index contributed by atoms with van der Waals surface area (Å²) >= 11 is 3.40. The van der Waals surface area contributed by atoms with Crippen LogP contribution in [0.25, 0.3) is 0 Å². The van der Waals surface area contributed by atoms with Gasteiger partial charge < -0.3 is 10.2 Å². The van der Waals surface area contributed by atoms with Crippen LogP contribution in [0.4, 0.5) is 0 Å². The second kappa shape index (κ2) is 7.54. The van der Waals surface area contributed by atoms with Crippen molar-refractivity contribution in [3.8, 4) is 0 Å². The molecule has 4 heteroatoms. The van der Waals surface area contributed by atoms with Gasteiger partial charge in [-0.1, -0.05) is 15.9 Å². The first-order valence-electron chi connectivity index (χ1n) is 6.19. The van der Waals surface area contributed by atoms with E-state index in [4.69, 9.17) is 0 Å². The van der Waals surface area contributed by atoms with E-state index in [0.29, 0.717) is 0 Å². The zero-order chi connectivity index (χ0) is 13.5. The summed E-state index contributed by atoms with van der Waals surface area (Å²) in [5.74, 6) is 0.00394. The van der Waals surface area contributed by atoms with Crippen molar-refractivity contribution in [2.75, 3.05) is 27.2 Å². The van der Waals surface area contributed by atoms with Gasteiger partial charge in [0.15, 0.2) is 0 Å². The van der Waals surface area contributed by atoms with Gasteiger partial charge in [0.25, 0.3) is 5.91 Å². The number of aryl methyl sites for hydroxylation is 1. The molecule has 0 saturated heterocycles. The molecule has 0 saturated carbocycles. The average molecular weight is 313 g/mol. The van der Waals surface area contributed by atoms with Crippen molar-refractivity contribution in [3.05, 3.63) is 33.8 Å². The standard InChI is InChI=1S/C14H21BrN2O/c1-11-8-12(10-13(15)9-11)14(18)16-6-4-5-7-17(2)3/h8-10H,4-7H2,1-3H3,(H,16,18). The summed E-state index contributed by atoms with van der Waals surface area (Å²) in [5, 5.41) is 2.95. The lowest BCUT2D eigenvalue weighted by molar-refractivity contribution is 0.0952.